The van der Waals surface area contributed by atoms with Crippen molar-refractivity contribution >= 4 is 9.84 Å². The standard InChI is InChI=1S/C11H21NO3S/c1-9-8-12-11(2,15-9)7-10-5-3-4-6-16(10,13)14/h9-10,12H,3-8H2,1-2H3. The molecule has 0 spiro atoms. The third-order valence-corrected chi connectivity index (χ3v) is 5.83. The number of sulfone groups is 1. The van der Waals surface area contributed by atoms with E-state index in [1.165, 1.54) is 0 Å². The van der Waals surface area contributed by atoms with Crippen LogP contribution in [0.25, 0.3) is 0 Å². The first-order valence-electron chi connectivity index (χ1n) is 6.06. The van der Waals surface area contributed by atoms with Gasteiger partial charge in [0.2, 0.25) is 0 Å². The van der Waals surface area contributed by atoms with Crippen molar-refractivity contribution in [1.82, 2.24) is 5.32 Å². The first-order chi connectivity index (χ1) is 7.41. The lowest BCUT2D eigenvalue weighted by atomic mass is 10.0. The highest BCUT2D eigenvalue weighted by Crippen LogP contribution is 2.30. The zero-order chi connectivity index (χ0) is 11.8. The van der Waals surface area contributed by atoms with Crippen LogP contribution in [-0.4, -0.2) is 37.8 Å². The van der Waals surface area contributed by atoms with Crippen LogP contribution in [0.1, 0.15) is 39.5 Å². The Hall–Kier alpha value is -0.130. The SMILES string of the molecule is CC1CNC(C)(CC2CCCCS2(=O)=O)O1. The summed E-state index contributed by atoms with van der Waals surface area (Å²) in [7, 11) is -2.89. The van der Waals surface area contributed by atoms with E-state index in [4.69, 9.17) is 4.74 Å². The fraction of sp³-hybridized carbons (Fsp3) is 1.00. The first-order valence-corrected chi connectivity index (χ1v) is 7.77. The zero-order valence-electron chi connectivity index (χ0n) is 10.0. The molecule has 0 radical (unpaired) electrons. The number of hydrogen-bond donors (Lipinski definition) is 1. The van der Waals surface area contributed by atoms with E-state index in [0.717, 1.165) is 25.8 Å². The van der Waals surface area contributed by atoms with Crippen molar-refractivity contribution in [3.05, 3.63) is 0 Å². The Labute approximate surface area is 97.7 Å². The Bertz CT molecular complexity index is 354. The fourth-order valence-corrected chi connectivity index (χ4v) is 4.73. The van der Waals surface area contributed by atoms with Gasteiger partial charge in [-0.15, -0.1) is 0 Å². The van der Waals surface area contributed by atoms with Gasteiger partial charge in [-0.3, -0.25) is 5.32 Å². The molecule has 2 heterocycles. The predicted octanol–water partition coefficient (Wildman–Crippen LogP) is 1.07. The Morgan fingerprint density at radius 3 is 2.75 bits per heavy atom. The summed E-state index contributed by atoms with van der Waals surface area (Å²) < 4.78 is 29.6. The maximum Gasteiger partial charge on any atom is 0.153 e. The maximum absolute atomic E-state index is 11.9. The molecule has 2 rings (SSSR count). The van der Waals surface area contributed by atoms with Crippen molar-refractivity contribution in [3.8, 4) is 0 Å². The van der Waals surface area contributed by atoms with E-state index in [0.29, 0.717) is 12.2 Å². The molecule has 2 fully saturated rings. The van der Waals surface area contributed by atoms with E-state index in [2.05, 4.69) is 5.32 Å². The molecule has 0 amide bonds. The molecule has 5 heteroatoms. The van der Waals surface area contributed by atoms with Gasteiger partial charge in [0.25, 0.3) is 0 Å². The van der Waals surface area contributed by atoms with Gasteiger partial charge in [-0.05, 0) is 26.7 Å². The van der Waals surface area contributed by atoms with Crippen molar-refractivity contribution in [1.29, 1.82) is 0 Å². The monoisotopic (exact) mass is 247 g/mol. The lowest BCUT2D eigenvalue weighted by molar-refractivity contribution is -0.0365. The van der Waals surface area contributed by atoms with Crippen molar-refractivity contribution in [3.63, 3.8) is 0 Å². The molecule has 0 bridgehead atoms. The molecule has 0 aliphatic carbocycles. The summed E-state index contributed by atoms with van der Waals surface area (Å²) >= 11 is 0. The molecular formula is C11H21NO3S. The minimum absolute atomic E-state index is 0.177. The maximum atomic E-state index is 11.9. The van der Waals surface area contributed by atoms with Crippen LogP contribution in [0.5, 0.6) is 0 Å². The Balaban J connectivity index is 2.03. The highest BCUT2D eigenvalue weighted by atomic mass is 32.2. The van der Waals surface area contributed by atoms with Crippen molar-refractivity contribution in [2.45, 2.75) is 56.6 Å². The molecule has 0 aromatic heterocycles. The highest BCUT2D eigenvalue weighted by Gasteiger charge is 2.40. The smallest absolute Gasteiger partial charge is 0.153 e. The van der Waals surface area contributed by atoms with E-state index in [9.17, 15) is 8.42 Å². The van der Waals surface area contributed by atoms with Gasteiger partial charge in [0, 0.05) is 13.0 Å². The summed E-state index contributed by atoms with van der Waals surface area (Å²) in [6.07, 6.45) is 3.39. The van der Waals surface area contributed by atoms with Crippen LogP contribution in [0.2, 0.25) is 0 Å². The van der Waals surface area contributed by atoms with E-state index in [1.807, 2.05) is 13.8 Å². The van der Waals surface area contributed by atoms with Crippen molar-refractivity contribution in [2.75, 3.05) is 12.3 Å². The van der Waals surface area contributed by atoms with Crippen molar-refractivity contribution < 1.29 is 13.2 Å². The normalized spacial score (nSPS) is 43.4. The molecule has 1 N–H and O–H groups in total. The molecule has 0 saturated carbocycles. The van der Waals surface area contributed by atoms with Gasteiger partial charge in [0.15, 0.2) is 9.84 Å². The highest BCUT2D eigenvalue weighted by molar-refractivity contribution is 7.92. The zero-order valence-corrected chi connectivity index (χ0v) is 10.8. The molecule has 94 valence electrons. The molecule has 2 aliphatic rings. The van der Waals surface area contributed by atoms with Gasteiger partial charge in [-0.1, -0.05) is 6.42 Å². The summed E-state index contributed by atoms with van der Waals surface area (Å²) in [4.78, 5) is 0. The Morgan fingerprint density at radius 1 is 1.44 bits per heavy atom. The predicted molar refractivity (Wildman–Crippen MR) is 63.0 cm³/mol. The van der Waals surface area contributed by atoms with Gasteiger partial charge < -0.3 is 4.74 Å². The summed E-state index contributed by atoms with van der Waals surface area (Å²) in [5, 5.41) is 3.06. The molecule has 2 saturated heterocycles. The average Bonchev–Trinajstić information content (AvgIpc) is 2.50. The van der Waals surface area contributed by atoms with Gasteiger partial charge in [-0.2, -0.15) is 0 Å². The molecule has 4 nitrogen and oxygen atoms in total. The second-order valence-electron chi connectivity index (χ2n) is 5.23. The molecule has 16 heavy (non-hydrogen) atoms. The summed E-state index contributed by atoms with van der Waals surface area (Å²) in [5.74, 6) is 0.350. The molecular weight excluding hydrogens is 226 g/mol. The van der Waals surface area contributed by atoms with E-state index in [-0.39, 0.29) is 11.4 Å². The van der Waals surface area contributed by atoms with Crippen LogP contribution in [-0.2, 0) is 14.6 Å². The van der Waals surface area contributed by atoms with Crippen LogP contribution in [0.4, 0.5) is 0 Å². The summed E-state index contributed by atoms with van der Waals surface area (Å²) in [6, 6.07) is 0. The molecule has 2 aliphatic heterocycles. The second-order valence-corrected chi connectivity index (χ2v) is 7.63. The average molecular weight is 247 g/mol. The lowest BCUT2D eigenvalue weighted by Gasteiger charge is -2.31. The minimum Gasteiger partial charge on any atom is -0.357 e. The van der Waals surface area contributed by atoms with Gasteiger partial charge >= 0.3 is 0 Å². The van der Waals surface area contributed by atoms with Crippen LogP contribution < -0.4 is 5.32 Å². The summed E-state index contributed by atoms with van der Waals surface area (Å²) in [6.45, 7) is 4.78. The van der Waals surface area contributed by atoms with Gasteiger partial charge in [0.05, 0.1) is 17.1 Å². The van der Waals surface area contributed by atoms with E-state index >= 15 is 0 Å². The quantitative estimate of drug-likeness (QED) is 0.793. The van der Waals surface area contributed by atoms with E-state index in [1.54, 1.807) is 0 Å². The minimum atomic E-state index is -2.89. The first kappa shape index (κ1) is 12.3. The number of ether oxygens (including phenoxy) is 1. The number of nitrogens with one attached hydrogen (secondary N) is 1. The largest absolute Gasteiger partial charge is 0.357 e. The number of hydrogen-bond acceptors (Lipinski definition) is 4. The van der Waals surface area contributed by atoms with Crippen molar-refractivity contribution in [2.24, 2.45) is 0 Å². The topological polar surface area (TPSA) is 55.4 Å². The van der Waals surface area contributed by atoms with Crippen LogP contribution >= 0.6 is 0 Å². The third kappa shape index (κ3) is 2.57. The molecule has 0 aromatic carbocycles. The second kappa shape index (κ2) is 4.27. The fourth-order valence-electron chi connectivity index (χ4n) is 2.69. The van der Waals surface area contributed by atoms with Crippen LogP contribution in [0.15, 0.2) is 0 Å². The molecule has 0 aromatic rings. The third-order valence-electron chi connectivity index (χ3n) is 3.55. The molecule has 3 unspecified atom stereocenters. The number of rotatable bonds is 2. The van der Waals surface area contributed by atoms with E-state index < -0.39 is 15.6 Å². The van der Waals surface area contributed by atoms with Gasteiger partial charge in [0.1, 0.15) is 5.72 Å². The lowest BCUT2D eigenvalue weighted by Crippen LogP contribution is -2.44. The Morgan fingerprint density at radius 2 is 2.19 bits per heavy atom. The van der Waals surface area contributed by atoms with Crippen LogP contribution in [0, 0.1) is 0 Å². The molecule has 3 atom stereocenters. The Kier molecular flexibility index (Phi) is 3.29. The van der Waals surface area contributed by atoms with Gasteiger partial charge in [-0.25, -0.2) is 8.42 Å². The van der Waals surface area contributed by atoms with Crippen LogP contribution in [0.3, 0.4) is 0 Å². The summed E-state index contributed by atoms with van der Waals surface area (Å²) in [5.41, 5.74) is -0.450.